The van der Waals surface area contributed by atoms with Gasteiger partial charge in [-0.2, -0.15) is 0 Å². The van der Waals surface area contributed by atoms with Gasteiger partial charge in [0.15, 0.2) is 0 Å². The first-order chi connectivity index (χ1) is 5.45. The number of carbonyl (C=O) groups is 1. The molecule has 0 N–H and O–H groups in total. The Labute approximate surface area is 99.9 Å². The fraction of sp³-hybridized carbons (Fsp3) is 0.833. The molecule has 0 aliphatic rings. The van der Waals surface area contributed by atoms with Crippen LogP contribution in [0.5, 0.6) is 0 Å². The van der Waals surface area contributed by atoms with Crippen LogP contribution in [0.2, 0.25) is 0 Å². The minimum Gasteiger partial charge on any atom is -0.748 e. The first kappa shape index (κ1) is 15.8. The number of hydrogen-bond donors (Lipinski definition) is 0. The zero-order chi connectivity index (χ0) is 9.61. The number of hydrogen-bond acceptors (Lipinski definition) is 5. The van der Waals surface area contributed by atoms with E-state index in [2.05, 4.69) is 4.74 Å². The van der Waals surface area contributed by atoms with Crippen LogP contribution >= 0.6 is 0 Å². The van der Waals surface area contributed by atoms with Gasteiger partial charge < -0.3 is 9.29 Å². The third kappa shape index (κ3) is 12.4. The minimum atomic E-state index is -4.26. The van der Waals surface area contributed by atoms with Crippen molar-refractivity contribution in [3.05, 3.63) is 0 Å². The van der Waals surface area contributed by atoms with Crippen molar-refractivity contribution in [2.75, 3.05) is 12.4 Å². The van der Waals surface area contributed by atoms with Crippen LogP contribution in [-0.2, 0) is 19.6 Å². The van der Waals surface area contributed by atoms with E-state index in [0.29, 0.717) is 6.42 Å². The Bertz CT molecular complexity index is 235. The third-order valence-corrected chi connectivity index (χ3v) is 1.72. The fourth-order valence-corrected chi connectivity index (χ4v) is 0.821. The zero-order valence-electron chi connectivity index (χ0n) is 7.78. The largest absolute Gasteiger partial charge is 1.00 e. The average Bonchev–Trinajstić information content (AvgIpc) is 1.84. The molecule has 0 spiro atoms. The van der Waals surface area contributed by atoms with Crippen LogP contribution in [0.25, 0.3) is 0 Å². The zero-order valence-corrected chi connectivity index (χ0v) is 10.6. The van der Waals surface area contributed by atoms with Crippen LogP contribution < -0.4 is 29.6 Å². The second-order valence-electron chi connectivity index (χ2n) is 2.23. The second kappa shape index (κ2) is 7.75. The number of ether oxygens (including phenoxy) is 1. The van der Waals surface area contributed by atoms with Gasteiger partial charge in [0.05, 0.1) is 15.9 Å². The summed E-state index contributed by atoms with van der Waals surface area (Å²) in [5, 5.41) is 0. The second-order valence-corrected chi connectivity index (χ2v) is 3.76. The molecule has 0 radical (unpaired) electrons. The summed E-state index contributed by atoms with van der Waals surface area (Å²) >= 11 is 0. The summed E-state index contributed by atoms with van der Waals surface area (Å²) in [7, 11) is -4.26. The van der Waals surface area contributed by atoms with Gasteiger partial charge >= 0.3 is 35.5 Å². The van der Waals surface area contributed by atoms with Crippen molar-refractivity contribution in [2.24, 2.45) is 0 Å². The average molecular weight is 218 g/mol. The quantitative estimate of drug-likeness (QED) is 0.277. The Balaban J connectivity index is 0. The van der Waals surface area contributed by atoms with Crippen LogP contribution in [0.3, 0.4) is 0 Å². The molecule has 0 heterocycles. The standard InChI is InChI=1S/C6H12O5S.Na/c1-2-3-6(7)11-4-5-12(8,9)10;/h2-5H2,1H3,(H,8,9,10);/q;+1/p-1. The van der Waals surface area contributed by atoms with Gasteiger partial charge in [-0.3, -0.25) is 4.79 Å². The van der Waals surface area contributed by atoms with E-state index in [1.54, 1.807) is 6.92 Å². The van der Waals surface area contributed by atoms with Crippen molar-refractivity contribution in [1.29, 1.82) is 0 Å². The van der Waals surface area contributed by atoms with Crippen molar-refractivity contribution in [3.8, 4) is 0 Å². The molecule has 5 nitrogen and oxygen atoms in total. The van der Waals surface area contributed by atoms with Gasteiger partial charge in [0, 0.05) is 6.42 Å². The van der Waals surface area contributed by atoms with Gasteiger partial charge in [-0.25, -0.2) is 8.42 Å². The molecule has 0 saturated heterocycles. The molecule has 0 amide bonds. The van der Waals surface area contributed by atoms with Gasteiger partial charge in [-0.05, 0) is 6.42 Å². The molecule has 0 aromatic carbocycles. The van der Waals surface area contributed by atoms with Gasteiger partial charge in [0.2, 0.25) is 0 Å². The number of carbonyl (C=O) groups excluding carboxylic acids is 1. The molecule has 0 aromatic rings. The predicted octanol–water partition coefficient (Wildman–Crippen LogP) is -3.12. The normalized spacial score (nSPS) is 10.3. The molecule has 0 unspecified atom stereocenters. The van der Waals surface area contributed by atoms with E-state index in [4.69, 9.17) is 0 Å². The first-order valence-electron chi connectivity index (χ1n) is 3.55. The van der Waals surface area contributed by atoms with Crippen LogP contribution in [0.1, 0.15) is 19.8 Å². The van der Waals surface area contributed by atoms with Crippen LogP contribution in [-0.4, -0.2) is 31.3 Å². The number of rotatable bonds is 5. The molecular formula is C6H11NaO5S. The molecular weight excluding hydrogens is 207 g/mol. The smallest absolute Gasteiger partial charge is 0.748 e. The van der Waals surface area contributed by atoms with Crippen molar-refractivity contribution >= 4 is 16.1 Å². The molecule has 72 valence electrons. The summed E-state index contributed by atoms with van der Waals surface area (Å²) in [6.45, 7) is 1.45. The van der Waals surface area contributed by atoms with E-state index in [0.717, 1.165) is 0 Å². The van der Waals surface area contributed by atoms with Crippen LogP contribution in [0.15, 0.2) is 0 Å². The van der Waals surface area contributed by atoms with Crippen LogP contribution in [0, 0.1) is 0 Å². The topological polar surface area (TPSA) is 83.5 Å². The van der Waals surface area contributed by atoms with E-state index in [1.807, 2.05) is 0 Å². The Morgan fingerprint density at radius 1 is 1.46 bits per heavy atom. The Hall–Kier alpha value is 0.380. The monoisotopic (exact) mass is 218 g/mol. The molecule has 0 bridgehead atoms. The van der Waals surface area contributed by atoms with Gasteiger partial charge in [-0.15, -0.1) is 0 Å². The van der Waals surface area contributed by atoms with Gasteiger partial charge in [0.25, 0.3) is 0 Å². The predicted molar refractivity (Wildman–Crippen MR) is 40.4 cm³/mol. The molecule has 0 atom stereocenters. The molecule has 0 aromatic heterocycles. The van der Waals surface area contributed by atoms with E-state index >= 15 is 0 Å². The third-order valence-electron chi connectivity index (χ3n) is 1.05. The summed E-state index contributed by atoms with van der Waals surface area (Å²) in [5.41, 5.74) is 0. The molecule has 7 heteroatoms. The maximum Gasteiger partial charge on any atom is 1.00 e. The maximum absolute atomic E-state index is 10.6. The number of esters is 1. The fourth-order valence-electron chi connectivity index (χ4n) is 0.534. The summed E-state index contributed by atoms with van der Waals surface area (Å²) in [6, 6.07) is 0. The Kier molecular flexibility index (Phi) is 9.44. The first-order valence-corrected chi connectivity index (χ1v) is 5.12. The SMILES string of the molecule is CCCC(=O)OCCS(=O)(=O)[O-].[Na+]. The van der Waals surface area contributed by atoms with Crippen molar-refractivity contribution < 1.29 is 52.1 Å². The van der Waals surface area contributed by atoms with E-state index in [9.17, 15) is 17.8 Å². The van der Waals surface area contributed by atoms with E-state index < -0.39 is 21.8 Å². The van der Waals surface area contributed by atoms with Gasteiger partial charge in [-0.1, -0.05) is 6.92 Å². The Morgan fingerprint density at radius 3 is 2.38 bits per heavy atom. The summed E-state index contributed by atoms with van der Waals surface area (Å²) < 4.78 is 34.5. The van der Waals surface area contributed by atoms with Crippen molar-refractivity contribution in [2.45, 2.75) is 19.8 Å². The molecule has 0 aliphatic carbocycles. The minimum absolute atomic E-state index is 0. The molecule has 0 fully saturated rings. The van der Waals surface area contributed by atoms with E-state index in [-0.39, 0.29) is 42.6 Å². The maximum atomic E-state index is 10.6. The molecule has 13 heavy (non-hydrogen) atoms. The molecule has 0 aliphatic heterocycles. The summed E-state index contributed by atoms with van der Waals surface area (Å²) in [4.78, 5) is 10.6. The summed E-state index contributed by atoms with van der Waals surface area (Å²) in [5.74, 6) is -1.12. The molecule has 0 saturated carbocycles. The van der Waals surface area contributed by atoms with Crippen molar-refractivity contribution in [3.63, 3.8) is 0 Å². The molecule has 0 rings (SSSR count). The van der Waals surface area contributed by atoms with Crippen molar-refractivity contribution in [1.82, 2.24) is 0 Å². The van der Waals surface area contributed by atoms with Gasteiger partial charge in [0.1, 0.15) is 6.61 Å². The van der Waals surface area contributed by atoms with Crippen LogP contribution in [0.4, 0.5) is 0 Å². The van der Waals surface area contributed by atoms with E-state index in [1.165, 1.54) is 0 Å². The Morgan fingerprint density at radius 2 is 2.00 bits per heavy atom. The summed E-state index contributed by atoms with van der Waals surface area (Å²) in [6.07, 6.45) is 0.891.